The van der Waals surface area contributed by atoms with E-state index in [1.165, 1.54) is 0 Å². The molecular weight excluding hydrogens is 348 g/mol. The number of hydrogen-bond donors (Lipinski definition) is 0. The number of hydrogen-bond acceptors (Lipinski definition) is 5. The maximum absolute atomic E-state index is 12.8. The van der Waals surface area contributed by atoms with Gasteiger partial charge in [0.05, 0.1) is 5.75 Å². The second-order valence-corrected chi connectivity index (χ2v) is 7.94. The lowest BCUT2D eigenvalue weighted by Crippen LogP contribution is -2.39. The van der Waals surface area contributed by atoms with Gasteiger partial charge < -0.3 is 18.8 Å². The average molecular weight is 377 g/mol. The van der Waals surface area contributed by atoms with E-state index in [-0.39, 0.29) is 11.8 Å². The lowest BCUT2D eigenvalue weighted by atomic mass is 9.97. The van der Waals surface area contributed by atoms with E-state index in [1.807, 2.05) is 29.6 Å². The maximum atomic E-state index is 12.8. The van der Waals surface area contributed by atoms with Gasteiger partial charge in [-0.2, -0.15) is 11.8 Å². The van der Waals surface area contributed by atoms with Gasteiger partial charge in [-0.05, 0) is 45.3 Å². The first-order valence-electron chi connectivity index (χ1n) is 9.11. The molecule has 0 unspecified atom stereocenters. The lowest BCUT2D eigenvalue weighted by Gasteiger charge is -2.32. The molecule has 0 saturated carbocycles. The minimum atomic E-state index is -0.00606. The summed E-state index contributed by atoms with van der Waals surface area (Å²) in [6, 6.07) is 3.70. The molecule has 1 fully saturated rings. The summed E-state index contributed by atoms with van der Waals surface area (Å²) >= 11 is 1.69. The van der Waals surface area contributed by atoms with Crippen LogP contribution >= 0.6 is 11.8 Å². The van der Waals surface area contributed by atoms with Crippen LogP contribution in [-0.4, -0.2) is 65.2 Å². The Labute approximate surface area is 159 Å². The van der Waals surface area contributed by atoms with Gasteiger partial charge in [0.1, 0.15) is 11.6 Å². The average Bonchev–Trinajstić information content (AvgIpc) is 3.29. The molecule has 0 aliphatic carbocycles. The highest BCUT2D eigenvalue weighted by Gasteiger charge is 2.29. The molecule has 1 aliphatic heterocycles. The van der Waals surface area contributed by atoms with E-state index in [9.17, 15) is 4.79 Å². The zero-order valence-electron chi connectivity index (χ0n) is 15.9. The number of likely N-dealkylation sites (N-methyl/N-ethyl adjacent to an activating group) is 1. The minimum absolute atomic E-state index is 0.00606. The molecule has 0 spiro atoms. The molecule has 1 aliphatic rings. The quantitative estimate of drug-likeness (QED) is 0.744. The third-order valence-electron chi connectivity index (χ3n) is 4.77. The van der Waals surface area contributed by atoms with Crippen LogP contribution in [0.5, 0.6) is 0 Å². The summed E-state index contributed by atoms with van der Waals surface area (Å²) in [4.78, 5) is 21.5. The van der Waals surface area contributed by atoms with Crippen molar-refractivity contribution in [1.82, 2.24) is 19.4 Å². The molecule has 6 nitrogen and oxygen atoms in total. The highest BCUT2D eigenvalue weighted by atomic mass is 32.2. The van der Waals surface area contributed by atoms with Crippen LogP contribution < -0.4 is 0 Å². The molecule has 3 rings (SSSR count). The minimum Gasteiger partial charge on any atom is -0.455 e. The first-order valence-corrected chi connectivity index (χ1v) is 10.5. The van der Waals surface area contributed by atoms with Gasteiger partial charge in [0.25, 0.3) is 5.91 Å². The van der Waals surface area contributed by atoms with Crippen LogP contribution in [0, 0.1) is 0 Å². The number of nitrogens with zero attached hydrogens (tertiary/aromatic N) is 4. The molecular formula is C19H28N4O2S. The number of thioether (sulfide) groups is 1. The third kappa shape index (κ3) is 4.51. The molecule has 1 saturated heterocycles. The van der Waals surface area contributed by atoms with E-state index < -0.39 is 0 Å². The zero-order valence-corrected chi connectivity index (χ0v) is 16.7. The van der Waals surface area contributed by atoms with Crippen molar-refractivity contribution < 1.29 is 9.21 Å². The summed E-state index contributed by atoms with van der Waals surface area (Å²) in [5.41, 5.74) is 0. The van der Waals surface area contributed by atoms with Crippen LogP contribution in [0.15, 0.2) is 28.9 Å². The van der Waals surface area contributed by atoms with E-state index in [0.29, 0.717) is 12.3 Å². The Balaban J connectivity index is 1.67. The molecule has 142 valence electrons. The van der Waals surface area contributed by atoms with Gasteiger partial charge in [0, 0.05) is 44.5 Å². The van der Waals surface area contributed by atoms with E-state index in [1.54, 1.807) is 17.8 Å². The number of aromatic nitrogens is 2. The van der Waals surface area contributed by atoms with Crippen molar-refractivity contribution in [3.63, 3.8) is 0 Å². The molecule has 2 aromatic heterocycles. The number of piperidine rings is 1. The maximum Gasteiger partial charge on any atom is 0.289 e. The van der Waals surface area contributed by atoms with Gasteiger partial charge in [-0.25, -0.2) is 4.98 Å². The number of amides is 1. The topological polar surface area (TPSA) is 54.5 Å². The third-order valence-corrected chi connectivity index (χ3v) is 5.34. The summed E-state index contributed by atoms with van der Waals surface area (Å²) in [5.74, 6) is 3.46. The smallest absolute Gasteiger partial charge is 0.289 e. The van der Waals surface area contributed by atoms with E-state index in [0.717, 1.165) is 49.8 Å². The predicted octanol–water partition coefficient (Wildman–Crippen LogP) is 2.92. The summed E-state index contributed by atoms with van der Waals surface area (Å²) in [6.07, 6.45) is 8.00. The van der Waals surface area contributed by atoms with Crippen molar-refractivity contribution in [3.8, 4) is 0 Å². The number of carbonyl (C=O) groups is 1. The summed E-state index contributed by atoms with van der Waals surface area (Å²) in [7, 11) is 4.15. The Morgan fingerprint density at radius 3 is 3.04 bits per heavy atom. The van der Waals surface area contributed by atoms with Gasteiger partial charge >= 0.3 is 0 Å². The van der Waals surface area contributed by atoms with E-state index in [4.69, 9.17) is 4.42 Å². The Morgan fingerprint density at radius 2 is 2.27 bits per heavy atom. The predicted molar refractivity (Wildman–Crippen MR) is 105 cm³/mol. The molecule has 7 heteroatoms. The standard InChI is InChI=1S/C19H28N4O2S/c1-21(2)11-12-22-10-8-20-18(22)15-5-4-9-23(13-15)19(24)17-7-6-16(25-17)14-26-3/h6-8,10,15H,4-5,9,11-14H2,1-3H3/t15-/m0/s1. The van der Waals surface area contributed by atoms with Crippen molar-refractivity contribution in [2.75, 3.05) is 40.0 Å². The lowest BCUT2D eigenvalue weighted by molar-refractivity contribution is 0.0669. The van der Waals surface area contributed by atoms with Crippen LogP contribution in [0.2, 0.25) is 0 Å². The van der Waals surface area contributed by atoms with Crippen molar-refractivity contribution in [2.45, 2.75) is 31.1 Å². The number of furan rings is 1. The van der Waals surface area contributed by atoms with Gasteiger partial charge in [-0.15, -0.1) is 0 Å². The second-order valence-electron chi connectivity index (χ2n) is 7.07. The fourth-order valence-corrected chi connectivity index (χ4v) is 3.86. The largest absolute Gasteiger partial charge is 0.455 e. The van der Waals surface area contributed by atoms with Gasteiger partial charge in [-0.1, -0.05) is 0 Å². The second kappa shape index (κ2) is 8.77. The van der Waals surface area contributed by atoms with Gasteiger partial charge in [0.2, 0.25) is 0 Å². The van der Waals surface area contributed by atoms with Crippen molar-refractivity contribution >= 4 is 17.7 Å². The summed E-state index contributed by atoms with van der Waals surface area (Å²) in [5, 5.41) is 0. The van der Waals surface area contributed by atoms with Crippen molar-refractivity contribution in [2.24, 2.45) is 0 Å². The van der Waals surface area contributed by atoms with Crippen molar-refractivity contribution in [3.05, 3.63) is 41.9 Å². The number of rotatable bonds is 7. The zero-order chi connectivity index (χ0) is 18.5. The number of carbonyl (C=O) groups excluding carboxylic acids is 1. The van der Waals surface area contributed by atoms with Crippen LogP contribution in [-0.2, 0) is 12.3 Å². The monoisotopic (exact) mass is 376 g/mol. The number of imidazole rings is 1. The van der Waals surface area contributed by atoms with E-state index in [2.05, 4.69) is 28.5 Å². The first-order chi connectivity index (χ1) is 12.6. The molecule has 3 heterocycles. The van der Waals surface area contributed by atoms with Gasteiger partial charge in [-0.3, -0.25) is 4.79 Å². The number of likely N-dealkylation sites (tertiary alicyclic amines) is 1. The normalized spacial score (nSPS) is 17.8. The fourth-order valence-electron chi connectivity index (χ4n) is 3.42. The van der Waals surface area contributed by atoms with Gasteiger partial charge in [0.15, 0.2) is 5.76 Å². The van der Waals surface area contributed by atoms with Crippen LogP contribution in [0.1, 0.15) is 40.9 Å². The Bertz CT molecular complexity index is 725. The molecule has 26 heavy (non-hydrogen) atoms. The highest BCUT2D eigenvalue weighted by Crippen LogP contribution is 2.27. The molecule has 1 amide bonds. The molecule has 0 aromatic carbocycles. The Kier molecular flexibility index (Phi) is 6.43. The van der Waals surface area contributed by atoms with Crippen LogP contribution in [0.25, 0.3) is 0 Å². The molecule has 1 atom stereocenters. The Morgan fingerprint density at radius 1 is 1.42 bits per heavy atom. The van der Waals surface area contributed by atoms with E-state index >= 15 is 0 Å². The summed E-state index contributed by atoms with van der Waals surface area (Å²) < 4.78 is 7.94. The fraction of sp³-hybridized carbons (Fsp3) is 0.579. The molecule has 0 bridgehead atoms. The molecule has 2 aromatic rings. The molecule has 0 N–H and O–H groups in total. The highest BCUT2D eigenvalue weighted by molar-refractivity contribution is 7.97. The first kappa shape index (κ1) is 19.0. The van der Waals surface area contributed by atoms with Crippen molar-refractivity contribution in [1.29, 1.82) is 0 Å². The molecule has 0 radical (unpaired) electrons. The Hall–Kier alpha value is -1.73. The van der Waals surface area contributed by atoms with Crippen LogP contribution in [0.3, 0.4) is 0 Å². The van der Waals surface area contributed by atoms with Crippen LogP contribution in [0.4, 0.5) is 0 Å². The SMILES string of the molecule is CSCc1ccc(C(=O)N2CCC[C@H](c3nccn3CCN(C)C)C2)o1. The summed E-state index contributed by atoms with van der Waals surface area (Å²) in [6.45, 7) is 3.38.